The molecule has 2 rings (SSSR count). The highest BCUT2D eigenvalue weighted by molar-refractivity contribution is 7.91. The topological polar surface area (TPSA) is 39.1 Å². The lowest BCUT2D eigenvalue weighted by Gasteiger charge is -2.15. The molecule has 0 bridgehead atoms. The number of hydrogen-bond acceptors (Lipinski definition) is 2. The fraction of sp³-hybridized carbons (Fsp3) is 0.600. The van der Waals surface area contributed by atoms with Crippen molar-refractivity contribution in [2.75, 3.05) is 11.5 Å². The third kappa shape index (κ3) is 1.59. The zero-order valence-electron chi connectivity index (χ0n) is 8.53. The minimum Gasteiger partial charge on any atom is -0.345 e. The van der Waals surface area contributed by atoms with Crippen LogP contribution in [-0.2, 0) is 9.84 Å². The summed E-state index contributed by atoms with van der Waals surface area (Å²) in [5.41, 5.74) is 2.31. The SMILES string of the molecule is Cc1ccc(C)n1[C@H]1CCS(=O)(=O)C1. The van der Waals surface area contributed by atoms with Crippen LogP contribution in [0.25, 0.3) is 0 Å². The lowest BCUT2D eigenvalue weighted by molar-refractivity contribution is 0.535. The first-order valence-corrected chi connectivity index (χ1v) is 6.66. The second-order valence-electron chi connectivity index (χ2n) is 4.04. The van der Waals surface area contributed by atoms with Crippen LogP contribution in [0.1, 0.15) is 23.9 Å². The van der Waals surface area contributed by atoms with Crippen molar-refractivity contribution in [1.29, 1.82) is 0 Å². The summed E-state index contributed by atoms with van der Waals surface area (Å²) in [4.78, 5) is 0. The Kier molecular flexibility index (Phi) is 2.18. The van der Waals surface area contributed by atoms with Gasteiger partial charge in [-0.15, -0.1) is 0 Å². The van der Waals surface area contributed by atoms with E-state index in [9.17, 15) is 8.42 Å². The van der Waals surface area contributed by atoms with Gasteiger partial charge in [0.15, 0.2) is 9.84 Å². The summed E-state index contributed by atoms with van der Waals surface area (Å²) in [6.45, 7) is 4.05. The smallest absolute Gasteiger partial charge is 0.152 e. The van der Waals surface area contributed by atoms with Gasteiger partial charge < -0.3 is 4.57 Å². The predicted molar refractivity (Wildman–Crippen MR) is 56.2 cm³/mol. The molecule has 1 aliphatic heterocycles. The zero-order valence-corrected chi connectivity index (χ0v) is 9.34. The van der Waals surface area contributed by atoms with E-state index in [4.69, 9.17) is 0 Å². The van der Waals surface area contributed by atoms with Crippen molar-refractivity contribution in [2.24, 2.45) is 0 Å². The van der Waals surface area contributed by atoms with Gasteiger partial charge >= 0.3 is 0 Å². The molecule has 78 valence electrons. The molecule has 1 aromatic rings. The van der Waals surface area contributed by atoms with E-state index in [-0.39, 0.29) is 6.04 Å². The van der Waals surface area contributed by atoms with Crippen LogP contribution in [0.2, 0.25) is 0 Å². The Morgan fingerprint density at radius 1 is 1.29 bits per heavy atom. The van der Waals surface area contributed by atoms with Gasteiger partial charge in [-0.05, 0) is 32.4 Å². The van der Waals surface area contributed by atoms with Crippen molar-refractivity contribution in [3.63, 3.8) is 0 Å². The highest BCUT2D eigenvalue weighted by Gasteiger charge is 2.29. The quantitative estimate of drug-likeness (QED) is 0.708. The third-order valence-corrected chi connectivity index (χ3v) is 4.65. The fourth-order valence-electron chi connectivity index (χ4n) is 2.23. The third-order valence-electron chi connectivity index (χ3n) is 2.90. The molecule has 3 nitrogen and oxygen atoms in total. The summed E-state index contributed by atoms with van der Waals surface area (Å²) in [6.07, 6.45) is 0.763. The van der Waals surface area contributed by atoms with Gasteiger partial charge in [0.25, 0.3) is 0 Å². The molecule has 1 aliphatic rings. The van der Waals surface area contributed by atoms with Crippen LogP contribution in [0, 0.1) is 13.8 Å². The molecule has 0 spiro atoms. The first-order valence-electron chi connectivity index (χ1n) is 4.84. The molecular formula is C10H15NO2S. The number of aromatic nitrogens is 1. The van der Waals surface area contributed by atoms with Gasteiger partial charge in [0.05, 0.1) is 11.5 Å². The lowest BCUT2D eigenvalue weighted by Crippen LogP contribution is -2.13. The van der Waals surface area contributed by atoms with Crippen LogP contribution in [-0.4, -0.2) is 24.5 Å². The van der Waals surface area contributed by atoms with Crippen LogP contribution in [0.3, 0.4) is 0 Å². The van der Waals surface area contributed by atoms with E-state index in [1.807, 2.05) is 26.0 Å². The lowest BCUT2D eigenvalue weighted by atomic mass is 10.2. The normalized spacial score (nSPS) is 25.4. The zero-order chi connectivity index (χ0) is 10.3. The number of hydrogen-bond donors (Lipinski definition) is 0. The van der Waals surface area contributed by atoms with Crippen LogP contribution in [0.15, 0.2) is 12.1 Å². The molecule has 1 saturated heterocycles. The molecule has 0 aliphatic carbocycles. The molecule has 0 unspecified atom stereocenters. The summed E-state index contributed by atoms with van der Waals surface area (Å²) in [6, 6.07) is 4.25. The second kappa shape index (κ2) is 3.12. The van der Waals surface area contributed by atoms with E-state index < -0.39 is 9.84 Å². The molecule has 0 N–H and O–H groups in total. The fourth-order valence-corrected chi connectivity index (χ4v) is 3.93. The average molecular weight is 213 g/mol. The summed E-state index contributed by atoms with van der Waals surface area (Å²) in [5, 5.41) is 0. The molecule has 1 atom stereocenters. The number of aryl methyl sites for hydroxylation is 2. The van der Waals surface area contributed by atoms with Crippen LogP contribution >= 0.6 is 0 Å². The molecule has 4 heteroatoms. The van der Waals surface area contributed by atoms with Crippen LogP contribution < -0.4 is 0 Å². The van der Waals surface area contributed by atoms with Gasteiger partial charge in [0.2, 0.25) is 0 Å². The van der Waals surface area contributed by atoms with Gasteiger partial charge in [0, 0.05) is 17.4 Å². The Bertz CT molecular complexity index is 425. The maximum atomic E-state index is 11.3. The standard InChI is InChI=1S/C10H15NO2S/c1-8-3-4-9(2)11(8)10-5-6-14(12,13)7-10/h3-4,10H,5-7H2,1-2H3/t10-/m0/s1. The largest absolute Gasteiger partial charge is 0.345 e. The van der Waals surface area contributed by atoms with Crippen molar-refractivity contribution in [3.05, 3.63) is 23.5 Å². The number of nitrogens with zero attached hydrogens (tertiary/aromatic N) is 1. The molecular weight excluding hydrogens is 198 g/mol. The van der Waals surface area contributed by atoms with Gasteiger partial charge in [-0.1, -0.05) is 0 Å². The van der Waals surface area contributed by atoms with E-state index in [0.29, 0.717) is 11.5 Å². The molecule has 1 fully saturated rings. The average Bonchev–Trinajstić information content (AvgIpc) is 2.56. The molecule has 0 radical (unpaired) electrons. The second-order valence-corrected chi connectivity index (χ2v) is 6.27. The van der Waals surface area contributed by atoms with Crippen molar-refractivity contribution in [1.82, 2.24) is 4.57 Å². The van der Waals surface area contributed by atoms with Crippen LogP contribution in [0.4, 0.5) is 0 Å². The van der Waals surface area contributed by atoms with Gasteiger partial charge in [0.1, 0.15) is 0 Å². The minimum absolute atomic E-state index is 0.162. The van der Waals surface area contributed by atoms with E-state index in [1.54, 1.807) is 0 Å². The van der Waals surface area contributed by atoms with E-state index in [1.165, 1.54) is 0 Å². The molecule has 14 heavy (non-hydrogen) atoms. The highest BCUT2D eigenvalue weighted by atomic mass is 32.2. The Hall–Kier alpha value is -0.770. The molecule has 0 amide bonds. The van der Waals surface area contributed by atoms with Gasteiger partial charge in [-0.2, -0.15) is 0 Å². The van der Waals surface area contributed by atoms with E-state index in [2.05, 4.69) is 4.57 Å². The van der Waals surface area contributed by atoms with Crippen molar-refractivity contribution in [3.8, 4) is 0 Å². The molecule has 1 aromatic heterocycles. The van der Waals surface area contributed by atoms with E-state index in [0.717, 1.165) is 17.8 Å². The maximum Gasteiger partial charge on any atom is 0.152 e. The minimum atomic E-state index is -2.78. The summed E-state index contributed by atoms with van der Waals surface area (Å²) >= 11 is 0. The first-order chi connectivity index (χ1) is 6.49. The summed E-state index contributed by atoms with van der Waals surface area (Å²) in [7, 11) is -2.78. The number of rotatable bonds is 1. The summed E-state index contributed by atoms with van der Waals surface area (Å²) < 4.78 is 24.8. The first kappa shape index (κ1) is 9.77. The maximum absolute atomic E-state index is 11.3. The van der Waals surface area contributed by atoms with Crippen molar-refractivity contribution >= 4 is 9.84 Å². The Balaban J connectivity index is 2.34. The van der Waals surface area contributed by atoms with Crippen molar-refractivity contribution in [2.45, 2.75) is 26.3 Å². The Labute approximate surface area is 84.7 Å². The van der Waals surface area contributed by atoms with Crippen LogP contribution in [0.5, 0.6) is 0 Å². The summed E-state index contributed by atoms with van der Waals surface area (Å²) in [5.74, 6) is 0.651. The molecule has 2 heterocycles. The monoisotopic (exact) mass is 213 g/mol. The van der Waals surface area contributed by atoms with E-state index >= 15 is 0 Å². The van der Waals surface area contributed by atoms with Crippen molar-refractivity contribution < 1.29 is 8.42 Å². The number of sulfone groups is 1. The van der Waals surface area contributed by atoms with Gasteiger partial charge in [-0.3, -0.25) is 0 Å². The predicted octanol–water partition coefficient (Wildman–Crippen LogP) is 1.46. The Morgan fingerprint density at radius 3 is 2.29 bits per heavy atom. The molecule has 0 saturated carbocycles. The molecule has 0 aromatic carbocycles. The highest BCUT2D eigenvalue weighted by Crippen LogP contribution is 2.26. The Morgan fingerprint density at radius 2 is 1.86 bits per heavy atom. The van der Waals surface area contributed by atoms with Gasteiger partial charge in [-0.25, -0.2) is 8.42 Å².